The van der Waals surface area contributed by atoms with E-state index in [0.29, 0.717) is 19.3 Å². The molecule has 0 aliphatic heterocycles. The maximum Gasteiger partial charge on any atom is 0.193 e. The van der Waals surface area contributed by atoms with E-state index in [1.54, 1.807) is 13.0 Å². The van der Waals surface area contributed by atoms with Crippen molar-refractivity contribution in [3.05, 3.63) is 11.6 Å². The number of aliphatic hydroxyl groups excluding tert-OH is 2. The highest BCUT2D eigenvalue weighted by atomic mass is 19.1. The lowest BCUT2D eigenvalue weighted by atomic mass is 9.45. The molecule has 150 valence electrons. The Morgan fingerprint density at radius 2 is 2.04 bits per heavy atom. The van der Waals surface area contributed by atoms with Crippen LogP contribution in [0.2, 0.25) is 0 Å². The third kappa shape index (κ3) is 2.26. The molecule has 0 heterocycles. The Morgan fingerprint density at radius 1 is 1.33 bits per heavy atom. The fourth-order valence-corrected chi connectivity index (χ4v) is 7.27. The maximum absolute atomic E-state index is 15.0. The minimum absolute atomic E-state index is 0.0205. The van der Waals surface area contributed by atoms with Crippen molar-refractivity contribution >= 4 is 11.6 Å². The molecule has 4 rings (SSSR count). The van der Waals surface area contributed by atoms with Gasteiger partial charge in [0.2, 0.25) is 0 Å². The SMILES string of the molecule is C[C@]12CCC(=O)C=C1CC[C@@H]1[C@@H]2[C@H](O)C[C@@]2(C)[C@H]1C[C@H](F)[C@]2(O)C(=O)CO. The van der Waals surface area contributed by atoms with Crippen molar-refractivity contribution < 1.29 is 29.3 Å². The summed E-state index contributed by atoms with van der Waals surface area (Å²) in [6.45, 7) is 2.89. The summed E-state index contributed by atoms with van der Waals surface area (Å²) in [5.74, 6) is -1.13. The van der Waals surface area contributed by atoms with Gasteiger partial charge in [0.1, 0.15) is 12.8 Å². The Bertz CT molecular complexity index is 719. The minimum atomic E-state index is -2.25. The number of fused-ring (bicyclic) bond motifs is 5. The molecule has 0 radical (unpaired) electrons. The predicted molar refractivity (Wildman–Crippen MR) is 95.4 cm³/mol. The first kappa shape index (κ1) is 19.2. The molecule has 3 saturated carbocycles. The molecular formula is C21H29FO5. The molecule has 6 heteroatoms. The number of hydrogen-bond donors (Lipinski definition) is 3. The van der Waals surface area contributed by atoms with E-state index >= 15 is 4.39 Å². The number of allylic oxidation sites excluding steroid dienone is 1. The number of hydrogen-bond acceptors (Lipinski definition) is 5. The first-order valence-electron chi connectivity index (χ1n) is 10.0. The molecule has 0 spiro atoms. The largest absolute Gasteiger partial charge is 0.393 e. The Balaban J connectivity index is 1.77. The normalized spacial score (nSPS) is 51.9. The molecule has 8 atom stereocenters. The van der Waals surface area contributed by atoms with Crippen LogP contribution in [0.15, 0.2) is 11.6 Å². The van der Waals surface area contributed by atoms with Gasteiger partial charge in [0.25, 0.3) is 0 Å². The number of carbonyl (C=O) groups is 2. The van der Waals surface area contributed by atoms with E-state index in [4.69, 9.17) is 0 Å². The van der Waals surface area contributed by atoms with Crippen molar-refractivity contribution in [1.29, 1.82) is 0 Å². The summed E-state index contributed by atoms with van der Waals surface area (Å²) in [6.07, 6.45) is 1.97. The monoisotopic (exact) mass is 380 g/mol. The minimum Gasteiger partial charge on any atom is -0.393 e. The van der Waals surface area contributed by atoms with E-state index in [-0.39, 0.29) is 41.8 Å². The van der Waals surface area contributed by atoms with Crippen molar-refractivity contribution in [2.45, 2.75) is 70.2 Å². The number of Topliss-reactive ketones (excluding diaryl/α,β-unsaturated/α-hetero) is 1. The molecule has 3 N–H and O–H groups in total. The molecule has 0 aromatic rings. The Morgan fingerprint density at radius 3 is 2.70 bits per heavy atom. The van der Waals surface area contributed by atoms with Gasteiger partial charge in [-0.3, -0.25) is 9.59 Å². The summed E-state index contributed by atoms with van der Waals surface area (Å²) >= 11 is 0. The van der Waals surface area contributed by atoms with Crippen LogP contribution in [-0.2, 0) is 9.59 Å². The highest BCUT2D eigenvalue weighted by Crippen LogP contribution is 2.68. The summed E-state index contributed by atoms with van der Waals surface area (Å²) in [5, 5.41) is 31.5. The number of carbonyl (C=O) groups excluding carboxylic acids is 2. The summed E-state index contributed by atoms with van der Waals surface area (Å²) in [6, 6.07) is 0. The molecule has 4 aliphatic rings. The summed E-state index contributed by atoms with van der Waals surface area (Å²) in [5.41, 5.74) is -2.57. The van der Waals surface area contributed by atoms with Gasteiger partial charge in [-0.1, -0.05) is 19.4 Å². The van der Waals surface area contributed by atoms with E-state index in [9.17, 15) is 24.9 Å². The summed E-state index contributed by atoms with van der Waals surface area (Å²) in [4.78, 5) is 24.2. The number of alkyl halides is 1. The van der Waals surface area contributed by atoms with Crippen LogP contribution >= 0.6 is 0 Å². The quantitative estimate of drug-likeness (QED) is 0.678. The third-order valence-electron chi connectivity index (χ3n) is 8.64. The van der Waals surface area contributed by atoms with E-state index < -0.39 is 35.7 Å². The zero-order chi connectivity index (χ0) is 19.8. The smallest absolute Gasteiger partial charge is 0.193 e. The molecular weight excluding hydrogens is 351 g/mol. The second kappa shape index (κ2) is 5.94. The van der Waals surface area contributed by atoms with Crippen LogP contribution in [0.4, 0.5) is 4.39 Å². The van der Waals surface area contributed by atoms with Gasteiger partial charge in [-0.05, 0) is 61.3 Å². The number of rotatable bonds is 2. The van der Waals surface area contributed by atoms with Gasteiger partial charge in [-0.25, -0.2) is 4.39 Å². The number of aliphatic hydroxyl groups is 3. The lowest BCUT2D eigenvalue weighted by Crippen LogP contribution is -2.63. The third-order valence-corrected chi connectivity index (χ3v) is 8.64. The van der Waals surface area contributed by atoms with Crippen LogP contribution in [0.25, 0.3) is 0 Å². The molecule has 27 heavy (non-hydrogen) atoms. The average molecular weight is 380 g/mol. The molecule has 0 amide bonds. The van der Waals surface area contributed by atoms with Gasteiger partial charge in [0.05, 0.1) is 6.10 Å². The van der Waals surface area contributed by atoms with Gasteiger partial charge in [-0.2, -0.15) is 0 Å². The lowest BCUT2D eigenvalue weighted by molar-refractivity contribution is -0.188. The molecule has 0 aromatic heterocycles. The topological polar surface area (TPSA) is 94.8 Å². The zero-order valence-electron chi connectivity index (χ0n) is 15.9. The fourth-order valence-electron chi connectivity index (χ4n) is 7.27. The van der Waals surface area contributed by atoms with Crippen molar-refractivity contribution in [3.63, 3.8) is 0 Å². The highest BCUT2D eigenvalue weighted by molar-refractivity contribution is 5.92. The van der Waals surface area contributed by atoms with E-state index in [1.807, 2.05) is 0 Å². The molecule has 4 aliphatic carbocycles. The first-order valence-corrected chi connectivity index (χ1v) is 10.0. The Labute approximate surface area is 158 Å². The van der Waals surface area contributed by atoms with Crippen LogP contribution in [0.5, 0.6) is 0 Å². The molecule has 5 nitrogen and oxygen atoms in total. The molecule has 0 bridgehead atoms. The average Bonchev–Trinajstić information content (AvgIpc) is 2.82. The van der Waals surface area contributed by atoms with Gasteiger partial charge in [-0.15, -0.1) is 0 Å². The molecule has 0 unspecified atom stereocenters. The van der Waals surface area contributed by atoms with Crippen LogP contribution in [-0.4, -0.2) is 51.4 Å². The molecule has 0 saturated heterocycles. The van der Waals surface area contributed by atoms with Crippen LogP contribution in [0.1, 0.15) is 52.4 Å². The number of ketones is 2. The Hall–Kier alpha value is -1.11. The van der Waals surface area contributed by atoms with E-state index in [2.05, 4.69) is 6.92 Å². The van der Waals surface area contributed by atoms with Gasteiger partial charge >= 0.3 is 0 Å². The van der Waals surface area contributed by atoms with Crippen LogP contribution in [0.3, 0.4) is 0 Å². The Kier molecular flexibility index (Phi) is 4.23. The molecule has 0 aromatic carbocycles. The van der Waals surface area contributed by atoms with Crippen molar-refractivity contribution in [1.82, 2.24) is 0 Å². The van der Waals surface area contributed by atoms with Crippen LogP contribution in [0, 0.1) is 28.6 Å². The van der Waals surface area contributed by atoms with Gasteiger partial charge < -0.3 is 15.3 Å². The van der Waals surface area contributed by atoms with E-state index in [0.717, 1.165) is 12.0 Å². The van der Waals surface area contributed by atoms with Gasteiger partial charge in [0, 0.05) is 11.8 Å². The highest BCUT2D eigenvalue weighted by Gasteiger charge is 2.72. The zero-order valence-corrected chi connectivity index (χ0v) is 15.9. The summed E-state index contributed by atoms with van der Waals surface area (Å²) in [7, 11) is 0. The summed E-state index contributed by atoms with van der Waals surface area (Å²) < 4.78 is 15.0. The van der Waals surface area contributed by atoms with E-state index in [1.165, 1.54) is 0 Å². The lowest BCUT2D eigenvalue weighted by Gasteiger charge is -2.60. The fraction of sp³-hybridized carbons (Fsp3) is 0.810. The predicted octanol–water partition coefficient (Wildman–Crippen LogP) is 1.73. The van der Waals surface area contributed by atoms with Crippen molar-refractivity contribution in [3.8, 4) is 0 Å². The van der Waals surface area contributed by atoms with Crippen molar-refractivity contribution in [2.24, 2.45) is 28.6 Å². The molecule has 3 fully saturated rings. The number of halogens is 1. The second-order valence-electron chi connectivity index (χ2n) is 9.63. The first-order chi connectivity index (χ1) is 12.6. The standard InChI is InChI=1S/C21H29FO5/c1-19-6-5-12(24)7-11(19)3-4-13-14-8-16(22)21(27,17(26)10-23)20(14,2)9-15(25)18(13)19/h7,13-16,18,23,25,27H,3-6,8-10H2,1-2H3/t13-,14-,15+,16-,18+,19-,20-,21-/m0/s1. The maximum atomic E-state index is 15.0. The van der Waals surface area contributed by atoms with Crippen LogP contribution < -0.4 is 0 Å². The second-order valence-corrected chi connectivity index (χ2v) is 9.63. The van der Waals surface area contributed by atoms with Crippen molar-refractivity contribution in [2.75, 3.05) is 6.61 Å². The van der Waals surface area contributed by atoms with Gasteiger partial charge in [0.15, 0.2) is 17.2 Å².